The molecular weight excluding hydrogens is 322 g/mol. The molecule has 1 aliphatic heterocycles. The molecule has 23 heavy (non-hydrogen) atoms. The molecule has 0 aliphatic carbocycles. The quantitative estimate of drug-likeness (QED) is 0.769. The van der Waals surface area contributed by atoms with Crippen LogP contribution in [-0.4, -0.2) is 49.5 Å². The Morgan fingerprint density at radius 2 is 1.96 bits per heavy atom. The highest BCUT2D eigenvalue weighted by atomic mass is 32.2. The van der Waals surface area contributed by atoms with E-state index in [1.165, 1.54) is 24.3 Å². The van der Waals surface area contributed by atoms with Crippen molar-refractivity contribution in [3.05, 3.63) is 24.3 Å². The first kappa shape index (κ1) is 16.9. The summed E-state index contributed by atoms with van der Waals surface area (Å²) in [4.78, 5) is 36.6. The summed E-state index contributed by atoms with van der Waals surface area (Å²) in [5, 5.41) is 4.94. The van der Waals surface area contributed by atoms with Gasteiger partial charge in [0.25, 0.3) is 5.91 Å². The molecule has 0 radical (unpaired) electrons. The second-order valence-corrected chi connectivity index (χ2v) is 7.81. The molecule has 9 heteroatoms. The Labute approximate surface area is 133 Å². The lowest BCUT2D eigenvalue weighted by Crippen LogP contribution is -2.41. The van der Waals surface area contributed by atoms with Crippen LogP contribution in [0.2, 0.25) is 0 Å². The number of sulfone groups is 1. The molecule has 1 aromatic rings. The van der Waals surface area contributed by atoms with Crippen LogP contribution < -0.4 is 10.6 Å². The minimum absolute atomic E-state index is 0.0615. The fraction of sp³-hybridized carbons (Fsp3) is 0.357. The van der Waals surface area contributed by atoms with E-state index in [0.29, 0.717) is 0 Å². The third kappa shape index (κ3) is 3.67. The van der Waals surface area contributed by atoms with Crippen molar-refractivity contribution >= 4 is 33.4 Å². The summed E-state index contributed by atoms with van der Waals surface area (Å²) >= 11 is 0. The molecule has 0 aromatic heterocycles. The zero-order valence-corrected chi connectivity index (χ0v) is 13.7. The smallest absolute Gasteiger partial charge is 0.324 e. The summed E-state index contributed by atoms with van der Waals surface area (Å²) in [5.41, 5.74) is -0.780. The summed E-state index contributed by atoms with van der Waals surface area (Å²) in [6.45, 7) is 2.64. The molecule has 8 nitrogen and oxygen atoms in total. The first-order valence-electron chi connectivity index (χ1n) is 6.75. The van der Waals surface area contributed by atoms with E-state index in [1.54, 1.807) is 13.8 Å². The second-order valence-electron chi connectivity index (χ2n) is 5.79. The van der Waals surface area contributed by atoms with Gasteiger partial charge in [-0.25, -0.2) is 13.2 Å². The van der Waals surface area contributed by atoms with Crippen LogP contribution in [0.25, 0.3) is 0 Å². The fourth-order valence-corrected chi connectivity index (χ4v) is 2.78. The number of amides is 4. The first-order valence-corrected chi connectivity index (χ1v) is 8.64. The van der Waals surface area contributed by atoms with Crippen molar-refractivity contribution in [3.63, 3.8) is 0 Å². The Hall–Kier alpha value is -2.42. The van der Waals surface area contributed by atoms with Gasteiger partial charge in [0.1, 0.15) is 12.1 Å². The predicted molar refractivity (Wildman–Crippen MR) is 82.5 cm³/mol. The van der Waals surface area contributed by atoms with Crippen LogP contribution in [0.4, 0.5) is 10.5 Å². The van der Waals surface area contributed by atoms with Crippen molar-refractivity contribution in [2.24, 2.45) is 0 Å². The molecule has 1 aliphatic rings. The minimum atomic E-state index is -3.40. The maximum atomic E-state index is 12.0. The molecule has 0 bridgehead atoms. The van der Waals surface area contributed by atoms with Crippen molar-refractivity contribution < 1.29 is 22.8 Å². The van der Waals surface area contributed by atoms with Crippen molar-refractivity contribution in [2.45, 2.75) is 24.3 Å². The lowest BCUT2D eigenvalue weighted by Gasteiger charge is -2.15. The maximum Gasteiger partial charge on any atom is 0.325 e. The van der Waals surface area contributed by atoms with Gasteiger partial charge in [-0.3, -0.25) is 14.5 Å². The van der Waals surface area contributed by atoms with Crippen LogP contribution in [0, 0.1) is 0 Å². The second kappa shape index (κ2) is 5.65. The number of nitrogens with one attached hydrogen (secondary N) is 2. The molecule has 1 heterocycles. The van der Waals surface area contributed by atoms with E-state index >= 15 is 0 Å². The molecule has 1 aromatic carbocycles. The number of carbonyl (C=O) groups is 3. The van der Waals surface area contributed by atoms with Gasteiger partial charge in [0, 0.05) is 11.9 Å². The van der Waals surface area contributed by atoms with Crippen molar-refractivity contribution in [1.29, 1.82) is 0 Å². The first-order chi connectivity index (χ1) is 10.5. The highest BCUT2D eigenvalue weighted by molar-refractivity contribution is 7.90. The van der Waals surface area contributed by atoms with E-state index < -0.39 is 39.8 Å². The van der Waals surface area contributed by atoms with Gasteiger partial charge in [-0.2, -0.15) is 0 Å². The third-order valence-electron chi connectivity index (χ3n) is 3.29. The Bertz CT molecular complexity index is 785. The molecule has 0 atom stereocenters. The number of anilines is 1. The number of nitrogens with zero attached hydrogens (tertiary/aromatic N) is 1. The van der Waals surface area contributed by atoms with Gasteiger partial charge in [0.15, 0.2) is 9.84 Å². The normalized spacial score (nSPS) is 17.1. The number of hydrogen-bond acceptors (Lipinski definition) is 5. The zero-order chi connectivity index (χ0) is 17.4. The van der Waals surface area contributed by atoms with Gasteiger partial charge in [-0.1, -0.05) is 6.07 Å². The highest BCUT2D eigenvalue weighted by Gasteiger charge is 2.44. The molecule has 2 rings (SSSR count). The summed E-state index contributed by atoms with van der Waals surface area (Å²) in [6.07, 6.45) is 1.06. The van der Waals surface area contributed by atoms with Gasteiger partial charge in [0.2, 0.25) is 5.91 Å². The lowest BCUT2D eigenvalue weighted by molar-refractivity contribution is -0.132. The monoisotopic (exact) mass is 339 g/mol. The Balaban J connectivity index is 2.09. The minimum Gasteiger partial charge on any atom is -0.324 e. The van der Waals surface area contributed by atoms with Gasteiger partial charge in [-0.05, 0) is 32.0 Å². The summed E-state index contributed by atoms with van der Waals surface area (Å²) in [7, 11) is -3.40. The average molecular weight is 339 g/mol. The number of hydrogen-bond donors (Lipinski definition) is 2. The number of rotatable bonds is 4. The summed E-state index contributed by atoms with van der Waals surface area (Å²) in [6, 6.07) is 5.08. The largest absolute Gasteiger partial charge is 0.325 e. The topological polar surface area (TPSA) is 113 Å². The van der Waals surface area contributed by atoms with Crippen LogP contribution in [-0.2, 0) is 19.4 Å². The molecule has 0 saturated carbocycles. The van der Waals surface area contributed by atoms with E-state index in [9.17, 15) is 22.8 Å². The van der Waals surface area contributed by atoms with Crippen LogP contribution in [0.5, 0.6) is 0 Å². The van der Waals surface area contributed by atoms with Crippen molar-refractivity contribution in [1.82, 2.24) is 10.2 Å². The van der Waals surface area contributed by atoms with Gasteiger partial charge < -0.3 is 10.6 Å². The zero-order valence-electron chi connectivity index (χ0n) is 12.9. The average Bonchev–Trinajstić information content (AvgIpc) is 2.60. The predicted octanol–water partition coefficient (Wildman–Crippen LogP) is 0.359. The molecule has 0 unspecified atom stereocenters. The van der Waals surface area contributed by atoms with Crippen LogP contribution in [0.15, 0.2) is 29.2 Å². The maximum absolute atomic E-state index is 12.0. The van der Waals surface area contributed by atoms with Crippen molar-refractivity contribution in [3.8, 4) is 0 Å². The molecule has 2 N–H and O–H groups in total. The fourth-order valence-electron chi connectivity index (χ4n) is 2.11. The number of imide groups is 1. The molecular formula is C14H17N3O5S. The van der Waals surface area contributed by atoms with E-state index in [1.807, 2.05) is 0 Å². The van der Waals surface area contributed by atoms with Gasteiger partial charge in [-0.15, -0.1) is 0 Å². The standard InChI is InChI=1S/C14H17N3O5S/c1-14(2)12(19)17(13(20)16-14)8-11(18)15-9-5-4-6-10(7-9)23(3,21)22/h4-7H,8H2,1-3H3,(H,15,18)(H,16,20). The Morgan fingerprint density at radius 1 is 1.30 bits per heavy atom. The lowest BCUT2D eigenvalue weighted by atomic mass is 10.1. The highest BCUT2D eigenvalue weighted by Crippen LogP contribution is 2.18. The molecule has 124 valence electrons. The van der Waals surface area contributed by atoms with Crippen LogP contribution in [0.1, 0.15) is 13.8 Å². The van der Waals surface area contributed by atoms with E-state index in [4.69, 9.17) is 0 Å². The molecule has 4 amide bonds. The van der Waals surface area contributed by atoms with E-state index in [0.717, 1.165) is 11.2 Å². The van der Waals surface area contributed by atoms with Crippen LogP contribution in [0.3, 0.4) is 0 Å². The SMILES string of the molecule is CC1(C)NC(=O)N(CC(=O)Nc2cccc(S(C)(=O)=O)c2)C1=O. The molecule has 1 fully saturated rings. The number of urea groups is 1. The summed E-state index contributed by atoms with van der Waals surface area (Å²) in [5.74, 6) is -1.10. The number of benzene rings is 1. The van der Waals surface area contributed by atoms with Gasteiger partial charge in [0.05, 0.1) is 4.90 Å². The van der Waals surface area contributed by atoms with E-state index in [-0.39, 0.29) is 10.6 Å². The Kier molecular flexibility index (Phi) is 4.16. The summed E-state index contributed by atoms with van der Waals surface area (Å²) < 4.78 is 23.0. The van der Waals surface area contributed by atoms with Gasteiger partial charge >= 0.3 is 6.03 Å². The van der Waals surface area contributed by atoms with Crippen molar-refractivity contribution in [2.75, 3.05) is 18.1 Å². The molecule has 0 spiro atoms. The Morgan fingerprint density at radius 3 is 2.48 bits per heavy atom. The molecule has 1 saturated heterocycles. The van der Waals surface area contributed by atoms with E-state index in [2.05, 4.69) is 10.6 Å². The van der Waals surface area contributed by atoms with Crippen LogP contribution >= 0.6 is 0 Å². The number of carbonyl (C=O) groups excluding carboxylic acids is 3. The third-order valence-corrected chi connectivity index (χ3v) is 4.40.